The fourth-order valence-corrected chi connectivity index (χ4v) is 4.77. The van der Waals surface area contributed by atoms with Crippen molar-refractivity contribution in [1.82, 2.24) is 4.98 Å². The first-order valence-electron chi connectivity index (χ1n) is 11.6. The first-order valence-corrected chi connectivity index (χ1v) is 11.6. The second-order valence-electron chi connectivity index (χ2n) is 9.00. The minimum absolute atomic E-state index is 0.207. The number of piperidine rings is 1. The van der Waals surface area contributed by atoms with E-state index in [1.807, 2.05) is 31.2 Å². The lowest BCUT2D eigenvalue weighted by Crippen LogP contribution is -2.36. The summed E-state index contributed by atoms with van der Waals surface area (Å²) in [6, 6.07) is 13.9. The molecule has 182 valence electrons. The summed E-state index contributed by atoms with van der Waals surface area (Å²) >= 11 is 0. The summed E-state index contributed by atoms with van der Waals surface area (Å²) in [5.74, 6) is -2.95. The topological polar surface area (TPSA) is 82.9 Å². The largest absolute Gasteiger partial charge is 0.481 e. The van der Waals surface area contributed by atoms with Crippen molar-refractivity contribution in [2.24, 2.45) is 11.1 Å². The zero-order chi connectivity index (χ0) is 24.9. The van der Waals surface area contributed by atoms with E-state index in [0.29, 0.717) is 37.1 Å². The predicted molar refractivity (Wildman–Crippen MR) is 129 cm³/mol. The molecule has 1 fully saturated rings. The molecule has 2 heterocycles. The van der Waals surface area contributed by atoms with Gasteiger partial charge in [0.05, 0.1) is 5.92 Å². The predicted octanol–water partition coefficient (Wildman–Crippen LogP) is 6.00. The highest BCUT2D eigenvalue weighted by atomic mass is 19.1. The molecule has 0 bridgehead atoms. The van der Waals surface area contributed by atoms with E-state index in [2.05, 4.69) is 15.1 Å². The highest BCUT2D eigenvalue weighted by Crippen LogP contribution is 2.38. The highest BCUT2D eigenvalue weighted by Gasteiger charge is 2.27. The van der Waals surface area contributed by atoms with Crippen LogP contribution in [0.25, 0.3) is 0 Å². The summed E-state index contributed by atoms with van der Waals surface area (Å²) in [6.07, 6.45) is 2.98. The van der Waals surface area contributed by atoms with Crippen LogP contribution >= 0.6 is 0 Å². The van der Waals surface area contributed by atoms with Gasteiger partial charge < -0.3 is 10.0 Å². The van der Waals surface area contributed by atoms with E-state index >= 15 is 0 Å². The average molecular weight is 480 g/mol. The maximum absolute atomic E-state index is 14.9. The third-order valence-electron chi connectivity index (χ3n) is 6.73. The van der Waals surface area contributed by atoms with E-state index in [1.54, 1.807) is 18.3 Å². The Labute approximate surface area is 202 Å². The molecule has 35 heavy (non-hydrogen) atoms. The number of carbonyl (C=O) groups is 1. The average Bonchev–Trinajstić information content (AvgIpc) is 2.86. The summed E-state index contributed by atoms with van der Waals surface area (Å²) in [6.45, 7) is 3.11. The fourth-order valence-electron chi connectivity index (χ4n) is 4.77. The lowest BCUT2D eigenvalue weighted by molar-refractivity contribution is -0.142. The molecule has 0 radical (unpaired) electrons. The number of hydrogen-bond acceptors (Lipinski definition) is 5. The lowest BCUT2D eigenvalue weighted by Gasteiger charge is -2.32. The second-order valence-corrected chi connectivity index (χ2v) is 9.00. The summed E-state index contributed by atoms with van der Waals surface area (Å²) < 4.78 is 28.5. The van der Waals surface area contributed by atoms with Crippen molar-refractivity contribution in [2.45, 2.75) is 38.1 Å². The van der Waals surface area contributed by atoms with Crippen LogP contribution in [0.15, 0.2) is 66.0 Å². The summed E-state index contributed by atoms with van der Waals surface area (Å²) in [5.41, 5.74) is 3.46. The van der Waals surface area contributed by atoms with Crippen molar-refractivity contribution < 1.29 is 18.7 Å². The molecule has 1 aliphatic rings. The first-order chi connectivity index (χ1) is 16.9. The van der Waals surface area contributed by atoms with Gasteiger partial charge in [0.2, 0.25) is 0 Å². The van der Waals surface area contributed by atoms with Gasteiger partial charge in [-0.25, -0.2) is 8.78 Å². The van der Waals surface area contributed by atoms with Crippen molar-refractivity contribution in [3.63, 3.8) is 0 Å². The minimum atomic E-state index is -0.758. The van der Waals surface area contributed by atoms with Crippen LogP contribution in [-0.4, -0.2) is 29.1 Å². The molecule has 1 saturated heterocycles. The van der Waals surface area contributed by atoms with Crippen molar-refractivity contribution >= 4 is 11.7 Å². The number of benzene rings is 2. The van der Waals surface area contributed by atoms with Gasteiger partial charge in [0.25, 0.3) is 0 Å². The lowest BCUT2D eigenvalue weighted by atomic mass is 9.84. The van der Waals surface area contributed by atoms with Crippen LogP contribution < -0.4 is 4.90 Å². The number of aryl methyl sites for hydroxylation is 1. The molecule has 2 atom stereocenters. The van der Waals surface area contributed by atoms with E-state index in [-0.39, 0.29) is 12.3 Å². The van der Waals surface area contributed by atoms with E-state index in [9.17, 15) is 23.6 Å². The standard InChI is InChI=1S/C27H27F2N3O3/c1-17-14-20(8-11-30-17)26(31-35)16-24(23-7-4-21(28)15-25(23)29)18-2-5-22(6-3-18)32-12-9-19(10-13-32)27(33)34/h2-8,11,14-15,19,24,26H,9-10,12-13,16H2,1H3,(H,33,34)/t24-,26?/m1/s1. The molecule has 0 amide bonds. The Bertz CT molecular complexity index is 1190. The number of carboxylic acids is 1. The third kappa shape index (κ3) is 5.70. The van der Waals surface area contributed by atoms with Crippen molar-refractivity contribution in [3.05, 3.63) is 99.7 Å². The normalized spacial score (nSPS) is 16.0. The number of aliphatic carboxylic acids is 1. The van der Waals surface area contributed by atoms with Gasteiger partial charge in [-0.3, -0.25) is 9.78 Å². The number of nitroso groups, excluding NO2 is 1. The number of pyridine rings is 1. The maximum atomic E-state index is 14.9. The van der Waals surface area contributed by atoms with Gasteiger partial charge in [0.1, 0.15) is 17.7 Å². The molecular weight excluding hydrogens is 452 g/mol. The van der Waals surface area contributed by atoms with E-state index in [0.717, 1.165) is 23.0 Å². The molecule has 0 saturated carbocycles. The molecule has 1 aliphatic heterocycles. The Morgan fingerprint density at radius 3 is 2.40 bits per heavy atom. The summed E-state index contributed by atoms with van der Waals surface area (Å²) in [7, 11) is 0. The Kier molecular flexibility index (Phi) is 7.48. The number of rotatable bonds is 8. The van der Waals surface area contributed by atoms with Crippen LogP contribution in [0.5, 0.6) is 0 Å². The number of nitrogens with zero attached hydrogens (tertiary/aromatic N) is 3. The molecule has 4 rings (SSSR count). The Morgan fingerprint density at radius 1 is 1.09 bits per heavy atom. The van der Waals surface area contributed by atoms with Gasteiger partial charge in [-0.05, 0) is 73.2 Å². The fraction of sp³-hybridized carbons (Fsp3) is 0.333. The van der Waals surface area contributed by atoms with E-state index in [1.165, 1.54) is 12.1 Å². The van der Waals surface area contributed by atoms with Gasteiger partial charge >= 0.3 is 5.97 Å². The minimum Gasteiger partial charge on any atom is -0.481 e. The van der Waals surface area contributed by atoms with Crippen molar-refractivity contribution in [3.8, 4) is 0 Å². The Balaban J connectivity index is 1.62. The molecular formula is C27H27F2N3O3. The first kappa shape index (κ1) is 24.4. The van der Waals surface area contributed by atoms with Gasteiger partial charge in [-0.15, -0.1) is 0 Å². The SMILES string of the molecule is Cc1cc(C(C[C@H](c2ccc(N3CCC(C(=O)O)CC3)cc2)c2ccc(F)cc2F)N=O)ccn1. The van der Waals surface area contributed by atoms with Gasteiger partial charge in [0.15, 0.2) is 0 Å². The van der Waals surface area contributed by atoms with Crippen LogP contribution in [0.1, 0.15) is 53.6 Å². The molecule has 1 unspecified atom stereocenters. The molecule has 1 aromatic heterocycles. The number of halogens is 2. The van der Waals surface area contributed by atoms with Crippen LogP contribution in [0.3, 0.4) is 0 Å². The molecule has 0 aliphatic carbocycles. The van der Waals surface area contributed by atoms with Crippen LogP contribution in [0.2, 0.25) is 0 Å². The van der Waals surface area contributed by atoms with Gasteiger partial charge in [-0.1, -0.05) is 23.4 Å². The molecule has 8 heteroatoms. The van der Waals surface area contributed by atoms with Crippen LogP contribution in [-0.2, 0) is 4.79 Å². The van der Waals surface area contributed by atoms with Crippen molar-refractivity contribution in [2.75, 3.05) is 18.0 Å². The quantitative estimate of drug-likeness (QED) is 0.401. The van der Waals surface area contributed by atoms with Gasteiger partial charge in [-0.2, -0.15) is 4.91 Å². The highest BCUT2D eigenvalue weighted by molar-refractivity contribution is 5.70. The summed E-state index contributed by atoms with van der Waals surface area (Å²) in [5, 5.41) is 12.5. The third-order valence-corrected chi connectivity index (χ3v) is 6.73. The second kappa shape index (κ2) is 10.7. The molecule has 3 aromatic rings. The van der Waals surface area contributed by atoms with Gasteiger partial charge in [0, 0.05) is 42.7 Å². The van der Waals surface area contributed by atoms with E-state index in [4.69, 9.17) is 0 Å². The zero-order valence-electron chi connectivity index (χ0n) is 19.4. The molecule has 1 N–H and O–H groups in total. The summed E-state index contributed by atoms with van der Waals surface area (Å²) in [4.78, 5) is 29.3. The number of aromatic nitrogens is 1. The van der Waals surface area contributed by atoms with Crippen molar-refractivity contribution in [1.29, 1.82) is 0 Å². The number of carboxylic acid groups (broad SMARTS) is 1. The molecule has 2 aromatic carbocycles. The Hall–Kier alpha value is -3.68. The number of hydrogen-bond donors (Lipinski definition) is 1. The zero-order valence-corrected chi connectivity index (χ0v) is 19.4. The Morgan fingerprint density at radius 2 is 1.80 bits per heavy atom. The smallest absolute Gasteiger partial charge is 0.306 e. The number of anilines is 1. The monoisotopic (exact) mass is 479 g/mol. The van der Waals surface area contributed by atoms with Crippen LogP contribution in [0.4, 0.5) is 14.5 Å². The molecule has 0 spiro atoms. The van der Waals surface area contributed by atoms with Crippen LogP contribution in [0, 0.1) is 29.4 Å². The maximum Gasteiger partial charge on any atom is 0.306 e. The van der Waals surface area contributed by atoms with E-state index < -0.39 is 29.6 Å². The molecule has 6 nitrogen and oxygen atoms in total.